The van der Waals surface area contributed by atoms with Crippen LogP contribution in [-0.4, -0.2) is 41.2 Å². The lowest BCUT2D eigenvalue weighted by Gasteiger charge is -2.17. The van der Waals surface area contributed by atoms with E-state index in [0.717, 1.165) is 42.5 Å². The maximum atomic E-state index is 12.3. The van der Waals surface area contributed by atoms with Gasteiger partial charge in [-0.25, -0.2) is 4.98 Å². The summed E-state index contributed by atoms with van der Waals surface area (Å²) in [5.41, 5.74) is 2.64. The minimum atomic E-state index is -0.128. The van der Waals surface area contributed by atoms with Gasteiger partial charge in [-0.15, -0.1) is 11.8 Å². The zero-order valence-corrected chi connectivity index (χ0v) is 16.1. The molecule has 1 aromatic carbocycles. The Morgan fingerprint density at radius 3 is 2.36 bits per heavy atom. The summed E-state index contributed by atoms with van der Waals surface area (Å²) in [5, 5.41) is 3.86. The zero-order valence-electron chi connectivity index (χ0n) is 15.3. The Morgan fingerprint density at radius 2 is 1.80 bits per heavy atom. The normalized spacial score (nSPS) is 10.9. The molecule has 0 unspecified atom stereocenters. The van der Waals surface area contributed by atoms with Crippen LogP contribution in [0.3, 0.4) is 0 Å². The van der Waals surface area contributed by atoms with Gasteiger partial charge >= 0.3 is 0 Å². The van der Waals surface area contributed by atoms with Gasteiger partial charge in [-0.1, -0.05) is 32.9 Å². The Labute approximate surface area is 155 Å². The highest BCUT2D eigenvalue weighted by atomic mass is 32.2. The number of nitrogens with zero attached hydrogens (tertiary/aromatic N) is 2. The molecule has 1 amide bonds. The summed E-state index contributed by atoms with van der Waals surface area (Å²) in [7, 11) is 0. The van der Waals surface area contributed by atoms with E-state index in [9.17, 15) is 4.79 Å². The lowest BCUT2D eigenvalue weighted by atomic mass is 10.1. The maximum Gasteiger partial charge on any atom is 0.257 e. The SMILES string of the molecule is CCc1ccc(NC(=O)c2ccc(SCCN(CC)CC)nc2)cc1. The van der Waals surface area contributed by atoms with Crippen molar-refractivity contribution in [3.05, 3.63) is 53.7 Å². The van der Waals surface area contributed by atoms with Crippen LogP contribution in [0.1, 0.15) is 36.7 Å². The lowest BCUT2D eigenvalue weighted by molar-refractivity contribution is 0.102. The van der Waals surface area contributed by atoms with Crippen LogP contribution in [0.2, 0.25) is 0 Å². The van der Waals surface area contributed by atoms with Crippen LogP contribution in [0.15, 0.2) is 47.6 Å². The van der Waals surface area contributed by atoms with Crippen molar-refractivity contribution in [3.8, 4) is 0 Å². The number of aromatic nitrogens is 1. The van der Waals surface area contributed by atoms with Crippen molar-refractivity contribution in [2.45, 2.75) is 32.2 Å². The van der Waals surface area contributed by atoms with Crippen LogP contribution in [-0.2, 0) is 6.42 Å². The average molecular weight is 358 g/mol. The molecule has 2 aromatic rings. The number of benzene rings is 1. The second-order valence-corrected chi connectivity index (χ2v) is 6.88. The number of aryl methyl sites for hydroxylation is 1. The van der Waals surface area contributed by atoms with E-state index < -0.39 is 0 Å². The zero-order chi connectivity index (χ0) is 18.1. The number of nitrogens with one attached hydrogen (secondary N) is 1. The number of thioether (sulfide) groups is 1. The third-order valence-electron chi connectivity index (χ3n) is 4.17. The van der Waals surface area contributed by atoms with Crippen LogP contribution in [0.5, 0.6) is 0 Å². The summed E-state index contributed by atoms with van der Waals surface area (Å²) >= 11 is 1.72. The molecule has 0 atom stereocenters. The van der Waals surface area contributed by atoms with E-state index in [0.29, 0.717) is 5.56 Å². The van der Waals surface area contributed by atoms with Gasteiger partial charge in [0.05, 0.1) is 10.6 Å². The van der Waals surface area contributed by atoms with E-state index in [1.807, 2.05) is 36.4 Å². The number of rotatable bonds is 9. The highest BCUT2D eigenvalue weighted by molar-refractivity contribution is 7.99. The Morgan fingerprint density at radius 1 is 1.08 bits per heavy atom. The van der Waals surface area contributed by atoms with Gasteiger partial charge in [-0.05, 0) is 49.3 Å². The molecular formula is C20H27N3OS. The molecule has 25 heavy (non-hydrogen) atoms. The molecule has 4 nitrogen and oxygen atoms in total. The Hall–Kier alpha value is -1.85. The quantitative estimate of drug-likeness (QED) is 0.679. The standard InChI is InChI=1S/C20H27N3OS/c1-4-16-7-10-18(11-8-16)22-20(24)17-9-12-19(21-15-17)25-14-13-23(5-2)6-3/h7-12,15H,4-6,13-14H2,1-3H3,(H,22,24). The summed E-state index contributed by atoms with van der Waals surface area (Å²) in [4.78, 5) is 19.1. The number of anilines is 1. The fraction of sp³-hybridized carbons (Fsp3) is 0.400. The number of carbonyl (C=O) groups is 1. The molecule has 5 heteroatoms. The summed E-state index contributed by atoms with van der Waals surface area (Å²) in [5.74, 6) is 0.876. The van der Waals surface area contributed by atoms with Crippen molar-refractivity contribution in [1.29, 1.82) is 0 Å². The van der Waals surface area contributed by atoms with Crippen LogP contribution < -0.4 is 5.32 Å². The van der Waals surface area contributed by atoms with Gasteiger partial charge in [0, 0.05) is 24.2 Å². The Bertz CT molecular complexity index is 652. The molecule has 0 fully saturated rings. The third-order valence-corrected chi connectivity index (χ3v) is 5.09. The largest absolute Gasteiger partial charge is 0.322 e. The maximum absolute atomic E-state index is 12.3. The fourth-order valence-corrected chi connectivity index (χ4v) is 3.30. The van der Waals surface area contributed by atoms with Gasteiger partial charge in [-0.3, -0.25) is 4.79 Å². The van der Waals surface area contributed by atoms with Gasteiger partial charge in [0.25, 0.3) is 5.91 Å². The van der Waals surface area contributed by atoms with Crippen molar-refractivity contribution in [1.82, 2.24) is 9.88 Å². The van der Waals surface area contributed by atoms with E-state index >= 15 is 0 Å². The topological polar surface area (TPSA) is 45.2 Å². The summed E-state index contributed by atoms with van der Waals surface area (Å²) in [6.45, 7) is 9.66. The molecule has 0 aliphatic rings. The van der Waals surface area contributed by atoms with Gasteiger partial charge in [0.2, 0.25) is 0 Å². The first-order valence-electron chi connectivity index (χ1n) is 8.87. The monoisotopic (exact) mass is 357 g/mol. The molecule has 1 aromatic heterocycles. The van der Waals surface area contributed by atoms with Crippen LogP contribution >= 0.6 is 11.8 Å². The number of amides is 1. The smallest absolute Gasteiger partial charge is 0.257 e. The van der Waals surface area contributed by atoms with E-state index in [4.69, 9.17) is 0 Å². The molecule has 2 rings (SSSR count). The van der Waals surface area contributed by atoms with Gasteiger partial charge < -0.3 is 10.2 Å². The lowest BCUT2D eigenvalue weighted by Crippen LogP contribution is -2.25. The second kappa shape index (κ2) is 10.2. The van der Waals surface area contributed by atoms with E-state index in [2.05, 4.69) is 36.0 Å². The van der Waals surface area contributed by atoms with Crippen molar-refractivity contribution in [3.63, 3.8) is 0 Å². The minimum absolute atomic E-state index is 0.128. The molecule has 0 bridgehead atoms. The van der Waals surface area contributed by atoms with Crippen molar-refractivity contribution >= 4 is 23.4 Å². The molecule has 0 aliphatic heterocycles. The Balaban J connectivity index is 1.86. The van der Waals surface area contributed by atoms with Crippen molar-refractivity contribution < 1.29 is 4.79 Å². The molecule has 1 heterocycles. The molecule has 0 saturated carbocycles. The number of carbonyl (C=O) groups excluding carboxylic acids is 1. The predicted molar refractivity (Wildman–Crippen MR) is 107 cm³/mol. The molecule has 134 valence electrons. The van der Waals surface area contributed by atoms with Crippen LogP contribution in [0, 0.1) is 0 Å². The van der Waals surface area contributed by atoms with E-state index in [-0.39, 0.29) is 5.91 Å². The molecule has 0 aliphatic carbocycles. The summed E-state index contributed by atoms with van der Waals surface area (Å²) in [6, 6.07) is 11.7. The second-order valence-electron chi connectivity index (χ2n) is 5.77. The first-order valence-corrected chi connectivity index (χ1v) is 9.86. The highest BCUT2D eigenvalue weighted by Crippen LogP contribution is 2.16. The summed E-state index contributed by atoms with van der Waals surface area (Å²) < 4.78 is 0. The van der Waals surface area contributed by atoms with Crippen LogP contribution in [0.4, 0.5) is 5.69 Å². The summed E-state index contributed by atoms with van der Waals surface area (Å²) in [6.07, 6.45) is 2.64. The predicted octanol–water partition coefficient (Wildman–Crippen LogP) is 4.33. The number of pyridine rings is 1. The van der Waals surface area contributed by atoms with Crippen molar-refractivity contribution in [2.24, 2.45) is 0 Å². The minimum Gasteiger partial charge on any atom is -0.322 e. The fourth-order valence-electron chi connectivity index (χ4n) is 2.45. The molecule has 0 radical (unpaired) electrons. The number of hydrogen-bond donors (Lipinski definition) is 1. The Kier molecular flexibility index (Phi) is 7.95. The number of hydrogen-bond acceptors (Lipinski definition) is 4. The van der Waals surface area contributed by atoms with Crippen LogP contribution in [0.25, 0.3) is 0 Å². The van der Waals surface area contributed by atoms with Crippen molar-refractivity contribution in [2.75, 3.05) is 30.7 Å². The van der Waals surface area contributed by atoms with Gasteiger partial charge in [0.15, 0.2) is 0 Å². The highest BCUT2D eigenvalue weighted by Gasteiger charge is 2.07. The molecule has 1 N–H and O–H groups in total. The van der Waals surface area contributed by atoms with E-state index in [1.165, 1.54) is 5.56 Å². The first-order chi connectivity index (χ1) is 12.2. The van der Waals surface area contributed by atoms with Gasteiger partial charge in [-0.2, -0.15) is 0 Å². The average Bonchev–Trinajstić information content (AvgIpc) is 2.66. The van der Waals surface area contributed by atoms with E-state index in [1.54, 1.807) is 18.0 Å². The third kappa shape index (κ3) is 6.18. The molecular weight excluding hydrogens is 330 g/mol. The molecule has 0 saturated heterocycles. The van der Waals surface area contributed by atoms with Gasteiger partial charge in [0.1, 0.15) is 0 Å². The molecule has 0 spiro atoms. The first kappa shape index (κ1) is 19.5.